The number of aromatic nitrogens is 2. The summed E-state index contributed by atoms with van der Waals surface area (Å²) in [4.78, 5) is 12.9. The molecular weight excluding hydrogens is 394 g/mol. The molecule has 0 radical (unpaired) electrons. The second-order valence-electron chi connectivity index (χ2n) is 7.93. The van der Waals surface area contributed by atoms with E-state index >= 15 is 0 Å². The van der Waals surface area contributed by atoms with Crippen LogP contribution in [-0.2, 0) is 18.4 Å². The van der Waals surface area contributed by atoms with E-state index in [9.17, 15) is 4.79 Å². The van der Waals surface area contributed by atoms with Crippen molar-refractivity contribution in [1.82, 2.24) is 9.78 Å². The molecule has 0 aliphatic heterocycles. The van der Waals surface area contributed by atoms with Crippen LogP contribution in [-0.4, -0.2) is 33.5 Å². The minimum Gasteiger partial charge on any atom is -0.481 e. The third-order valence-electron chi connectivity index (χ3n) is 5.11. The molecule has 2 heterocycles. The Hall–Kier alpha value is -3.22. The average molecular weight is 426 g/mol. The lowest BCUT2D eigenvalue weighted by molar-refractivity contribution is -0.137. The maximum atomic E-state index is 10.6. The topological polar surface area (TPSA) is 80.7 Å². The third kappa shape index (κ3) is 6.38. The Balaban J connectivity index is 1.64. The Morgan fingerprint density at radius 3 is 2.61 bits per heavy atom. The molecule has 0 amide bonds. The minimum absolute atomic E-state index is 0.205. The Labute approximate surface area is 183 Å². The second kappa shape index (κ2) is 10.7. The van der Waals surface area contributed by atoms with Gasteiger partial charge in [-0.1, -0.05) is 0 Å². The summed E-state index contributed by atoms with van der Waals surface area (Å²) in [6.45, 7) is 5.54. The number of aliphatic carboxylic acids is 1. The lowest BCUT2D eigenvalue weighted by Crippen LogP contribution is -2.30. The first kappa shape index (κ1) is 22.5. The Morgan fingerprint density at radius 2 is 1.97 bits per heavy atom. The normalized spacial score (nSPS) is 11.1. The van der Waals surface area contributed by atoms with E-state index in [0.29, 0.717) is 31.5 Å². The predicted octanol–water partition coefficient (Wildman–Crippen LogP) is 5.12. The molecule has 7 nitrogen and oxygen atoms in total. The standard InChI is InChI=1S/C24H31N3O4/c1-18(2)27(21-12-10-19(11-13-21)22-8-7-15-30-22)17-20-16-26(3)25-24(20)31-14-6-4-5-9-23(28)29/h7-8,10-13,15-16,18H,4-6,9,14,17H2,1-3H3,(H,28,29). The van der Waals surface area contributed by atoms with Gasteiger partial charge in [0.15, 0.2) is 0 Å². The van der Waals surface area contributed by atoms with Crippen LogP contribution in [0.5, 0.6) is 5.88 Å². The first-order chi connectivity index (χ1) is 14.9. The van der Waals surface area contributed by atoms with Crippen LogP contribution >= 0.6 is 0 Å². The number of furan rings is 1. The molecule has 0 fully saturated rings. The number of ether oxygens (including phenoxy) is 1. The van der Waals surface area contributed by atoms with Gasteiger partial charge in [-0.3, -0.25) is 9.48 Å². The van der Waals surface area contributed by atoms with E-state index in [0.717, 1.165) is 35.4 Å². The van der Waals surface area contributed by atoms with Crippen LogP contribution in [0.15, 0.2) is 53.3 Å². The first-order valence-electron chi connectivity index (χ1n) is 10.7. The molecule has 0 aliphatic rings. The summed E-state index contributed by atoms with van der Waals surface area (Å²) in [6, 6.07) is 12.5. The Morgan fingerprint density at radius 1 is 1.19 bits per heavy atom. The number of benzene rings is 1. The van der Waals surface area contributed by atoms with E-state index in [4.69, 9.17) is 14.3 Å². The van der Waals surface area contributed by atoms with Gasteiger partial charge in [0, 0.05) is 37.0 Å². The molecule has 3 aromatic rings. The number of anilines is 1. The maximum Gasteiger partial charge on any atom is 0.303 e. The molecule has 0 saturated heterocycles. The fourth-order valence-electron chi connectivity index (χ4n) is 3.49. The van der Waals surface area contributed by atoms with Crippen LogP contribution in [0.2, 0.25) is 0 Å². The molecule has 1 N–H and O–H groups in total. The molecule has 31 heavy (non-hydrogen) atoms. The largest absolute Gasteiger partial charge is 0.481 e. The summed E-state index contributed by atoms with van der Waals surface area (Å²) < 4.78 is 13.2. The quantitative estimate of drug-likeness (QED) is 0.406. The zero-order valence-corrected chi connectivity index (χ0v) is 18.5. The molecule has 1 aromatic carbocycles. The molecule has 3 rings (SSSR count). The van der Waals surface area contributed by atoms with E-state index in [2.05, 4.69) is 48.1 Å². The van der Waals surface area contributed by atoms with Gasteiger partial charge in [-0.25, -0.2) is 0 Å². The fraction of sp³-hybridized carbons (Fsp3) is 0.417. The number of hydrogen-bond donors (Lipinski definition) is 1. The van der Waals surface area contributed by atoms with Crippen molar-refractivity contribution in [2.24, 2.45) is 7.05 Å². The highest BCUT2D eigenvalue weighted by Crippen LogP contribution is 2.27. The number of carboxylic acid groups (broad SMARTS) is 1. The van der Waals surface area contributed by atoms with Gasteiger partial charge in [0.05, 0.1) is 25.0 Å². The highest BCUT2D eigenvalue weighted by atomic mass is 16.5. The lowest BCUT2D eigenvalue weighted by atomic mass is 10.1. The maximum absolute atomic E-state index is 10.6. The van der Waals surface area contributed by atoms with Gasteiger partial charge in [0.2, 0.25) is 5.88 Å². The molecule has 7 heteroatoms. The highest BCUT2D eigenvalue weighted by molar-refractivity contribution is 5.66. The van der Waals surface area contributed by atoms with Crippen molar-refractivity contribution in [3.63, 3.8) is 0 Å². The number of carbonyl (C=O) groups is 1. The molecule has 0 spiro atoms. The van der Waals surface area contributed by atoms with Crippen molar-refractivity contribution >= 4 is 11.7 Å². The minimum atomic E-state index is -0.751. The van der Waals surface area contributed by atoms with Gasteiger partial charge in [-0.2, -0.15) is 0 Å². The number of aryl methyl sites for hydroxylation is 1. The smallest absolute Gasteiger partial charge is 0.303 e. The number of rotatable bonds is 12. The van der Waals surface area contributed by atoms with Crippen molar-refractivity contribution < 1.29 is 19.1 Å². The fourth-order valence-corrected chi connectivity index (χ4v) is 3.49. The molecule has 0 aliphatic carbocycles. The number of nitrogens with zero attached hydrogens (tertiary/aromatic N) is 3. The van der Waals surface area contributed by atoms with Crippen molar-refractivity contribution in [1.29, 1.82) is 0 Å². The predicted molar refractivity (Wildman–Crippen MR) is 120 cm³/mol. The van der Waals surface area contributed by atoms with E-state index in [1.165, 1.54) is 0 Å². The molecule has 0 bridgehead atoms. The van der Waals surface area contributed by atoms with Crippen LogP contribution < -0.4 is 9.64 Å². The summed E-state index contributed by atoms with van der Waals surface area (Å²) in [5, 5.41) is 13.2. The summed E-state index contributed by atoms with van der Waals surface area (Å²) in [7, 11) is 1.89. The van der Waals surface area contributed by atoms with E-state index < -0.39 is 5.97 Å². The number of unbranched alkanes of at least 4 members (excludes halogenated alkanes) is 2. The van der Waals surface area contributed by atoms with Crippen molar-refractivity contribution in [3.05, 3.63) is 54.4 Å². The Bertz CT molecular complexity index is 946. The molecule has 2 aromatic heterocycles. The van der Waals surface area contributed by atoms with E-state index in [1.54, 1.807) is 10.9 Å². The number of carboxylic acids is 1. The SMILES string of the molecule is CC(C)N(Cc1cn(C)nc1OCCCCCC(=O)O)c1ccc(-c2ccco2)cc1. The molecule has 0 unspecified atom stereocenters. The van der Waals surface area contributed by atoms with E-state index in [1.807, 2.05) is 25.4 Å². The molecule has 0 atom stereocenters. The van der Waals surface area contributed by atoms with E-state index in [-0.39, 0.29) is 6.42 Å². The molecule has 0 saturated carbocycles. The lowest BCUT2D eigenvalue weighted by Gasteiger charge is -2.29. The first-order valence-corrected chi connectivity index (χ1v) is 10.7. The summed E-state index contributed by atoms with van der Waals surface area (Å²) in [6.07, 6.45) is 6.19. The molecule has 166 valence electrons. The van der Waals surface area contributed by atoms with Gasteiger partial charge in [0.25, 0.3) is 0 Å². The van der Waals surface area contributed by atoms with Crippen LogP contribution in [0.3, 0.4) is 0 Å². The van der Waals surface area contributed by atoms with Crippen LogP contribution in [0.4, 0.5) is 5.69 Å². The van der Waals surface area contributed by atoms with Crippen LogP contribution in [0.1, 0.15) is 45.1 Å². The van der Waals surface area contributed by atoms with Crippen molar-refractivity contribution in [2.45, 2.75) is 52.1 Å². The number of hydrogen-bond acceptors (Lipinski definition) is 5. The van der Waals surface area contributed by atoms with Gasteiger partial charge < -0.3 is 19.2 Å². The summed E-state index contributed by atoms with van der Waals surface area (Å²) in [5.41, 5.74) is 3.19. The van der Waals surface area contributed by atoms with Crippen LogP contribution in [0, 0.1) is 0 Å². The second-order valence-corrected chi connectivity index (χ2v) is 7.93. The van der Waals surface area contributed by atoms with Gasteiger partial charge in [-0.15, -0.1) is 5.10 Å². The van der Waals surface area contributed by atoms with Crippen molar-refractivity contribution in [3.8, 4) is 17.2 Å². The van der Waals surface area contributed by atoms with Crippen LogP contribution in [0.25, 0.3) is 11.3 Å². The Kier molecular flexibility index (Phi) is 7.76. The zero-order chi connectivity index (χ0) is 22.2. The van der Waals surface area contributed by atoms with Gasteiger partial charge in [0.1, 0.15) is 5.76 Å². The van der Waals surface area contributed by atoms with Gasteiger partial charge in [-0.05, 0) is 69.5 Å². The summed E-state index contributed by atoms with van der Waals surface area (Å²) in [5.74, 6) is 0.742. The molecular formula is C24H31N3O4. The summed E-state index contributed by atoms with van der Waals surface area (Å²) >= 11 is 0. The van der Waals surface area contributed by atoms with Gasteiger partial charge >= 0.3 is 5.97 Å². The third-order valence-corrected chi connectivity index (χ3v) is 5.11. The van der Waals surface area contributed by atoms with Crippen molar-refractivity contribution in [2.75, 3.05) is 11.5 Å². The zero-order valence-electron chi connectivity index (χ0n) is 18.5. The highest BCUT2D eigenvalue weighted by Gasteiger charge is 2.17. The average Bonchev–Trinajstić information content (AvgIpc) is 3.38. The monoisotopic (exact) mass is 425 g/mol.